The molecule has 0 unspecified atom stereocenters. The van der Waals surface area contributed by atoms with Crippen molar-refractivity contribution in [2.45, 2.75) is 0 Å². The molecule has 0 aliphatic carbocycles. The summed E-state index contributed by atoms with van der Waals surface area (Å²) in [5, 5.41) is 9.81. The number of pyridine rings is 2. The summed E-state index contributed by atoms with van der Waals surface area (Å²) in [5.74, 6) is -0.613. The van der Waals surface area contributed by atoms with Gasteiger partial charge in [0.25, 0.3) is 5.91 Å². The van der Waals surface area contributed by atoms with Crippen LogP contribution < -0.4 is 16.0 Å². The van der Waals surface area contributed by atoms with Crippen LogP contribution in [0.25, 0.3) is 10.9 Å². The number of rotatable bonds is 6. The van der Waals surface area contributed by atoms with Gasteiger partial charge in [0.05, 0.1) is 16.6 Å². The summed E-state index contributed by atoms with van der Waals surface area (Å²) in [6.07, 6.45) is 5.03. The number of nitrogens with one attached hydrogen (secondary N) is 3. The second-order valence-electron chi connectivity index (χ2n) is 7.59. The maximum atomic E-state index is 14.4. The number of carbonyl (C=O) groups is 1. The highest BCUT2D eigenvalue weighted by molar-refractivity contribution is 6.05. The molecule has 2 aromatic heterocycles. The molecular formula is C27H20FN5O. The highest BCUT2D eigenvalue weighted by atomic mass is 19.1. The van der Waals surface area contributed by atoms with Gasteiger partial charge in [0.2, 0.25) is 0 Å². The van der Waals surface area contributed by atoms with Crippen LogP contribution in [0.1, 0.15) is 10.4 Å². The van der Waals surface area contributed by atoms with Gasteiger partial charge in [-0.3, -0.25) is 14.8 Å². The van der Waals surface area contributed by atoms with E-state index in [-0.39, 0.29) is 11.7 Å². The number of aromatic nitrogens is 2. The molecule has 0 saturated carbocycles. The van der Waals surface area contributed by atoms with E-state index in [0.717, 1.165) is 11.4 Å². The van der Waals surface area contributed by atoms with Crippen molar-refractivity contribution in [3.05, 3.63) is 115 Å². The lowest BCUT2D eigenvalue weighted by Crippen LogP contribution is -2.12. The molecule has 0 spiro atoms. The van der Waals surface area contributed by atoms with Gasteiger partial charge in [0, 0.05) is 46.9 Å². The van der Waals surface area contributed by atoms with E-state index in [2.05, 4.69) is 25.9 Å². The van der Waals surface area contributed by atoms with Crippen LogP contribution in [0.3, 0.4) is 0 Å². The predicted molar refractivity (Wildman–Crippen MR) is 133 cm³/mol. The highest BCUT2D eigenvalue weighted by Gasteiger charge is 2.10. The normalized spacial score (nSPS) is 10.6. The van der Waals surface area contributed by atoms with Gasteiger partial charge in [-0.2, -0.15) is 0 Å². The van der Waals surface area contributed by atoms with Crippen molar-refractivity contribution in [2.24, 2.45) is 0 Å². The third-order valence-electron chi connectivity index (χ3n) is 5.21. The van der Waals surface area contributed by atoms with Crippen molar-refractivity contribution in [1.82, 2.24) is 9.97 Å². The molecule has 3 N–H and O–H groups in total. The molecule has 0 radical (unpaired) electrons. The van der Waals surface area contributed by atoms with Crippen LogP contribution in [0.15, 0.2) is 104 Å². The molecule has 1 amide bonds. The summed E-state index contributed by atoms with van der Waals surface area (Å²) >= 11 is 0. The topological polar surface area (TPSA) is 78.9 Å². The zero-order chi connectivity index (χ0) is 23.3. The first-order valence-electron chi connectivity index (χ1n) is 10.6. The number of anilines is 5. The first-order valence-corrected chi connectivity index (χ1v) is 10.6. The second kappa shape index (κ2) is 9.38. The lowest BCUT2D eigenvalue weighted by atomic mass is 10.1. The first kappa shape index (κ1) is 21.1. The van der Waals surface area contributed by atoms with Crippen molar-refractivity contribution >= 4 is 45.2 Å². The quantitative estimate of drug-likeness (QED) is 0.275. The second-order valence-corrected chi connectivity index (χ2v) is 7.59. The fourth-order valence-corrected chi connectivity index (χ4v) is 3.64. The molecule has 0 atom stereocenters. The van der Waals surface area contributed by atoms with E-state index in [0.29, 0.717) is 33.5 Å². The van der Waals surface area contributed by atoms with E-state index in [1.54, 1.807) is 55.0 Å². The Kier molecular flexibility index (Phi) is 5.82. The average molecular weight is 449 g/mol. The molecule has 6 nitrogen and oxygen atoms in total. The Bertz CT molecular complexity index is 1470. The number of hydrogen-bond donors (Lipinski definition) is 3. The number of amides is 1. The lowest BCUT2D eigenvalue weighted by Gasteiger charge is -2.12. The van der Waals surface area contributed by atoms with Crippen LogP contribution in [0, 0.1) is 5.82 Å². The Morgan fingerprint density at radius 3 is 2.29 bits per heavy atom. The summed E-state index contributed by atoms with van der Waals surface area (Å²) in [6, 6.07) is 24.7. The Morgan fingerprint density at radius 2 is 1.44 bits per heavy atom. The highest BCUT2D eigenvalue weighted by Crippen LogP contribution is 2.28. The minimum absolute atomic E-state index is 0.254. The molecule has 0 saturated heterocycles. The monoisotopic (exact) mass is 449 g/mol. The summed E-state index contributed by atoms with van der Waals surface area (Å²) in [4.78, 5) is 21.1. The zero-order valence-corrected chi connectivity index (χ0v) is 18.0. The number of halogens is 1. The molecule has 34 heavy (non-hydrogen) atoms. The van der Waals surface area contributed by atoms with Crippen molar-refractivity contribution in [3.63, 3.8) is 0 Å². The van der Waals surface area contributed by atoms with Gasteiger partial charge in [-0.15, -0.1) is 0 Å². The predicted octanol–water partition coefficient (Wildman–Crippen LogP) is 6.51. The lowest BCUT2D eigenvalue weighted by molar-refractivity contribution is 0.102. The van der Waals surface area contributed by atoms with Gasteiger partial charge in [0.1, 0.15) is 5.82 Å². The zero-order valence-electron chi connectivity index (χ0n) is 18.0. The van der Waals surface area contributed by atoms with E-state index in [9.17, 15) is 9.18 Å². The van der Waals surface area contributed by atoms with Crippen LogP contribution in [0.5, 0.6) is 0 Å². The van der Waals surface area contributed by atoms with Gasteiger partial charge in [0.15, 0.2) is 0 Å². The van der Waals surface area contributed by atoms with Gasteiger partial charge in [-0.25, -0.2) is 4.39 Å². The van der Waals surface area contributed by atoms with E-state index in [1.165, 1.54) is 6.07 Å². The Labute approximate surface area is 195 Å². The maximum absolute atomic E-state index is 14.4. The molecule has 166 valence electrons. The SMILES string of the molecule is O=C(Nc1cccc(Nc2ccncc2)c1)c1cccc(Nc2ccnc3cccc(F)c23)c1. The van der Waals surface area contributed by atoms with Crippen molar-refractivity contribution in [1.29, 1.82) is 0 Å². The van der Waals surface area contributed by atoms with Gasteiger partial charge in [-0.05, 0) is 66.7 Å². The van der Waals surface area contributed by atoms with Crippen LogP contribution >= 0.6 is 0 Å². The van der Waals surface area contributed by atoms with E-state index in [1.807, 2.05) is 42.5 Å². The summed E-state index contributed by atoms with van der Waals surface area (Å²) in [5.41, 5.74) is 4.66. The Balaban J connectivity index is 1.33. The molecule has 0 fully saturated rings. The molecular weight excluding hydrogens is 429 g/mol. The van der Waals surface area contributed by atoms with Crippen molar-refractivity contribution < 1.29 is 9.18 Å². The number of carbonyl (C=O) groups excluding carboxylic acids is 1. The summed E-state index contributed by atoms with van der Waals surface area (Å²) in [6.45, 7) is 0. The van der Waals surface area contributed by atoms with Gasteiger partial charge < -0.3 is 16.0 Å². The van der Waals surface area contributed by atoms with Crippen LogP contribution in [0.4, 0.5) is 32.8 Å². The molecule has 5 aromatic rings. The Hall–Kier alpha value is -4.78. The molecule has 0 aliphatic rings. The Morgan fingerprint density at radius 1 is 0.706 bits per heavy atom. The van der Waals surface area contributed by atoms with Crippen LogP contribution in [-0.4, -0.2) is 15.9 Å². The van der Waals surface area contributed by atoms with Crippen LogP contribution in [0.2, 0.25) is 0 Å². The molecule has 0 aliphatic heterocycles. The molecule has 3 aromatic carbocycles. The van der Waals surface area contributed by atoms with Gasteiger partial charge in [-0.1, -0.05) is 18.2 Å². The summed E-state index contributed by atoms with van der Waals surface area (Å²) in [7, 11) is 0. The largest absolute Gasteiger partial charge is 0.355 e. The third-order valence-corrected chi connectivity index (χ3v) is 5.21. The molecule has 7 heteroatoms. The fraction of sp³-hybridized carbons (Fsp3) is 0. The minimum Gasteiger partial charge on any atom is -0.355 e. The third kappa shape index (κ3) is 4.68. The van der Waals surface area contributed by atoms with E-state index >= 15 is 0 Å². The minimum atomic E-state index is -0.359. The van der Waals surface area contributed by atoms with Crippen LogP contribution in [-0.2, 0) is 0 Å². The number of nitrogens with zero attached hydrogens (tertiary/aromatic N) is 2. The van der Waals surface area contributed by atoms with Crippen molar-refractivity contribution in [3.8, 4) is 0 Å². The maximum Gasteiger partial charge on any atom is 0.255 e. The molecule has 5 rings (SSSR count). The fourth-order valence-electron chi connectivity index (χ4n) is 3.64. The standard InChI is InChI=1S/C27H20FN5O/c28-23-8-3-9-24-26(23)25(12-15-30-24)32-20-5-1-4-18(16-20)27(34)33-22-7-2-6-21(17-22)31-19-10-13-29-14-11-19/h1-17H,(H,29,31)(H,30,32)(H,33,34). The number of hydrogen-bond acceptors (Lipinski definition) is 5. The molecule has 2 heterocycles. The smallest absolute Gasteiger partial charge is 0.255 e. The average Bonchev–Trinajstić information content (AvgIpc) is 2.85. The first-order chi connectivity index (χ1) is 16.7. The van der Waals surface area contributed by atoms with E-state index < -0.39 is 0 Å². The van der Waals surface area contributed by atoms with E-state index in [4.69, 9.17) is 0 Å². The number of benzene rings is 3. The van der Waals surface area contributed by atoms with Gasteiger partial charge >= 0.3 is 0 Å². The number of fused-ring (bicyclic) bond motifs is 1. The summed E-state index contributed by atoms with van der Waals surface area (Å²) < 4.78 is 14.4. The van der Waals surface area contributed by atoms with Crippen molar-refractivity contribution in [2.75, 3.05) is 16.0 Å². The molecule has 0 bridgehead atoms.